The van der Waals surface area contributed by atoms with Gasteiger partial charge in [0.1, 0.15) is 24.0 Å². The number of carbonyl (C=O) groups is 6. The van der Waals surface area contributed by atoms with E-state index in [9.17, 15) is 44.1 Å². The van der Waals surface area contributed by atoms with E-state index in [1.165, 1.54) is 11.8 Å². The molecular formula is C53H81NO14. The van der Waals surface area contributed by atoms with Gasteiger partial charge in [0.25, 0.3) is 11.7 Å². The van der Waals surface area contributed by atoms with Crippen LogP contribution in [0.3, 0.4) is 0 Å². The number of piperidine rings is 1. The van der Waals surface area contributed by atoms with E-state index in [0.717, 1.165) is 5.57 Å². The Hall–Kier alpha value is -3.86. The number of carbonyl (C=O) groups excluding carboxylic acids is 6. The van der Waals surface area contributed by atoms with Crippen LogP contribution in [0, 0.1) is 41.4 Å². The lowest BCUT2D eigenvalue weighted by Gasteiger charge is -2.42. The summed E-state index contributed by atoms with van der Waals surface area (Å²) in [6.07, 6.45) is 12.0. The van der Waals surface area contributed by atoms with E-state index in [1.54, 1.807) is 48.0 Å². The molecule has 2 bridgehead atoms. The van der Waals surface area contributed by atoms with Gasteiger partial charge in [-0.25, -0.2) is 4.79 Å². The number of methoxy groups -OCH3 is 2. The molecule has 3 fully saturated rings. The van der Waals surface area contributed by atoms with Gasteiger partial charge in [0, 0.05) is 58.3 Å². The van der Waals surface area contributed by atoms with Gasteiger partial charge in [-0.15, -0.1) is 0 Å². The van der Waals surface area contributed by atoms with Crippen molar-refractivity contribution in [2.75, 3.05) is 27.4 Å². The zero-order valence-corrected chi connectivity index (χ0v) is 42.2. The van der Waals surface area contributed by atoms with Crippen molar-refractivity contribution in [2.45, 2.75) is 181 Å². The van der Waals surface area contributed by atoms with Gasteiger partial charge in [-0.1, -0.05) is 71.1 Å². The quantitative estimate of drug-likeness (QED) is 0.188. The van der Waals surface area contributed by atoms with E-state index in [-0.39, 0.29) is 60.4 Å². The van der Waals surface area contributed by atoms with Gasteiger partial charge in [-0.3, -0.25) is 24.0 Å². The zero-order valence-electron chi connectivity index (χ0n) is 42.2. The molecule has 0 aromatic rings. The highest BCUT2D eigenvalue weighted by atomic mass is 16.6. The number of aliphatic hydroxyl groups excluding tert-OH is 2. The van der Waals surface area contributed by atoms with Crippen LogP contribution in [0.25, 0.3) is 0 Å². The van der Waals surface area contributed by atoms with Crippen molar-refractivity contribution >= 4 is 35.2 Å². The molecule has 0 aromatic carbocycles. The second kappa shape index (κ2) is 26.4. The number of amides is 1. The molecule has 2 saturated heterocycles. The predicted molar refractivity (Wildman–Crippen MR) is 254 cm³/mol. The first kappa shape index (κ1) is 56.7. The highest BCUT2D eigenvalue weighted by molar-refractivity contribution is 6.39. The number of esters is 2. The molecule has 3 aliphatic heterocycles. The Labute approximate surface area is 404 Å². The summed E-state index contributed by atoms with van der Waals surface area (Å²) in [7, 11) is 3.12. The van der Waals surface area contributed by atoms with Gasteiger partial charge in [-0.2, -0.15) is 0 Å². The fraction of sp³-hybridized carbons (Fsp3) is 0.736. The van der Waals surface area contributed by atoms with Crippen LogP contribution >= 0.6 is 0 Å². The number of aliphatic hydroxyl groups is 3. The Morgan fingerprint density at radius 1 is 0.926 bits per heavy atom. The van der Waals surface area contributed by atoms with Gasteiger partial charge < -0.3 is 43.9 Å². The van der Waals surface area contributed by atoms with Crippen LogP contribution in [0.5, 0.6) is 0 Å². The number of Topliss-reactive ketones (excluding diaryl/α,β-unsaturated/α-hetero) is 3. The van der Waals surface area contributed by atoms with E-state index in [2.05, 4.69) is 0 Å². The smallest absolute Gasteiger partial charge is 0.329 e. The minimum atomic E-state index is -2.45. The molecule has 1 amide bonds. The summed E-state index contributed by atoms with van der Waals surface area (Å²) >= 11 is 0. The molecule has 382 valence electrons. The second-order valence-electron chi connectivity index (χ2n) is 20.3. The second-order valence-corrected chi connectivity index (χ2v) is 20.3. The van der Waals surface area contributed by atoms with E-state index < -0.39 is 96.3 Å². The van der Waals surface area contributed by atoms with Crippen molar-refractivity contribution in [1.29, 1.82) is 0 Å². The molecule has 68 heavy (non-hydrogen) atoms. The van der Waals surface area contributed by atoms with Gasteiger partial charge in [0.2, 0.25) is 5.79 Å². The number of ketones is 3. The first-order chi connectivity index (χ1) is 32.1. The number of hydrogen-bond acceptors (Lipinski definition) is 14. The van der Waals surface area contributed by atoms with Crippen LogP contribution in [0.1, 0.15) is 132 Å². The highest BCUT2D eigenvalue weighted by Crippen LogP contribution is 2.38. The summed E-state index contributed by atoms with van der Waals surface area (Å²) in [4.78, 5) is 84.9. The Kier molecular flexibility index (Phi) is 22.0. The van der Waals surface area contributed by atoms with Crippen LogP contribution in [0.2, 0.25) is 0 Å². The molecule has 0 spiro atoms. The lowest BCUT2D eigenvalue weighted by atomic mass is 9.78. The number of cyclic esters (lactones) is 1. The lowest BCUT2D eigenvalue weighted by Crippen LogP contribution is -2.61. The Bertz CT molecular complexity index is 1870. The van der Waals surface area contributed by atoms with Crippen molar-refractivity contribution in [3.05, 3.63) is 47.6 Å². The molecule has 0 aromatic heterocycles. The highest BCUT2D eigenvalue weighted by Gasteiger charge is 2.53. The molecular weight excluding hydrogens is 875 g/mol. The van der Waals surface area contributed by atoms with Gasteiger partial charge in [0.05, 0.1) is 36.9 Å². The average Bonchev–Trinajstić information content (AvgIpc) is 3.30. The molecule has 15 nitrogen and oxygen atoms in total. The fourth-order valence-electron chi connectivity index (χ4n) is 10.6. The van der Waals surface area contributed by atoms with E-state index in [0.29, 0.717) is 64.2 Å². The number of allylic oxidation sites excluding steroid dienone is 6. The molecule has 4 aliphatic rings. The Morgan fingerprint density at radius 2 is 1.65 bits per heavy atom. The molecule has 4 rings (SSSR count). The predicted octanol–water partition coefficient (Wildman–Crippen LogP) is 6.34. The van der Waals surface area contributed by atoms with E-state index >= 15 is 0 Å². The first-order valence-electron chi connectivity index (χ1n) is 24.9. The summed E-state index contributed by atoms with van der Waals surface area (Å²) < 4.78 is 29.5. The molecule has 3 N–H and O–H groups in total. The standard InChI is InChI=1S/C53H81NO14/c1-31-16-12-11-13-17-32(2)45(64-9)28-40-21-19-37(7)53(63,68-40)50(60)51(61)54-23-15-14-18-42(54)52(62)67-46(34(4)26-39-20-22-43(57)47(27-39)65-10)29-44(58)33(3)25-36(6)49(66-38(8)56)41(30-55)48(59)35(5)24-31/h11-13,16-17,25,31,34-37,39-43,45-47,49,55,57,63H,14-15,18-24,26-30H2,1-10H3/b13-11?,16-12?,32-17?,33-25+/t31-,34-,35-,36?,37-,39+,40+,41+,42+,43-,45+,46+,47-,49-,53-/m1/s1. The van der Waals surface area contributed by atoms with Crippen molar-refractivity contribution < 1.29 is 67.8 Å². The van der Waals surface area contributed by atoms with Crippen LogP contribution in [-0.4, -0.2) is 131 Å². The summed E-state index contributed by atoms with van der Waals surface area (Å²) in [6, 6.07) is -1.17. The molecule has 15 heteroatoms. The molecule has 1 saturated carbocycles. The molecule has 3 heterocycles. The van der Waals surface area contributed by atoms with Gasteiger partial charge >= 0.3 is 11.9 Å². The summed E-state index contributed by atoms with van der Waals surface area (Å²) in [5.74, 6) is -10.0. The Balaban J connectivity index is 1.75. The molecule has 0 radical (unpaired) electrons. The normalized spacial score (nSPS) is 37.3. The van der Waals surface area contributed by atoms with Gasteiger partial charge in [-0.05, 0) is 107 Å². The van der Waals surface area contributed by atoms with Crippen LogP contribution in [0.15, 0.2) is 47.6 Å². The summed E-state index contributed by atoms with van der Waals surface area (Å²) in [5.41, 5.74) is 1.13. The topological polar surface area (TPSA) is 212 Å². The van der Waals surface area contributed by atoms with Crippen molar-refractivity contribution in [3.8, 4) is 0 Å². The third-order valence-corrected chi connectivity index (χ3v) is 14.9. The largest absolute Gasteiger partial charge is 0.461 e. The number of hydrogen-bond donors (Lipinski definition) is 3. The maximum Gasteiger partial charge on any atom is 0.329 e. The summed E-state index contributed by atoms with van der Waals surface area (Å²) in [5, 5.41) is 33.1. The first-order valence-corrected chi connectivity index (χ1v) is 24.9. The third kappa shape index (κ3) is 15.1. The monoisotopic (exact) mass is 956 g/mol. The maximum atomic E-state index is 14.4. The SMILES string of the molecule is CO[C@H]1C[C@@H]2CC[C@@H](C)[C@@](O)(O2)C(=O)C(=O)N2CCCC[C@H]2C(=O)O[C@H]([C@H](C)C[C@@H]2CC[C@@H](O)[C@H](OC)C2)CC(=O)/C(C)=C/C(C)[C@@H](OC(C)=O)[C@@H](CO)C(=O)[C@H](C)C[C@H](C)C=CC=CC=C1C. The van der Waals surface area contributed by atoms with Crippen molar-refractivity contribution in [3.63, 3.8) is 0 Å². The van der Waals surface area contributed by atoms with Crippen molar-refractivity contribution in [2.24, 2.45) is 41.4 Å². The number of nitrogens with zero attached hydrogens (tertiary/aromatic N) is 1. The van der Waals surface area contributed by atoms with Crippen LogP contribution in [-0.2, 0) is 52.5 Å². The van der Waals surface area contributed by atoms with Crippen molar-refractivity contribution in [1.82, 2.24) is 4.90 Å². The Morgan fingerprint density at radius 3 is 2.31 bits per heavy atom. The number of fused-ring (bicyclic) bond motifs is 3. The van der Waals surface area contributed by atoms with Crippen LogP contribution < -0.4 is 0 Å². The lowest BCUT2D eigenvalue weighted by molar-refractivity contribution is -0.265. The molecule has 1 aliphatic carbocycles. The number of rotatable bonds is 7. The number of ether oxygens (including phenoxy) is 5. The van der Waals surface area contributed by atoms with E-state index in [1.807, 2.05) is 51.2 Å². The third-order valence-electron chi connectivity index (χ3n) is 14.9. The maximum absolute atomic E-state index is 14.4. The zero-order chi connectivity index (χ0) is 50.5. The fourth-order valence-corrected chi connectivity index (χ4v) is 10.6. The van der Waals surface area contributed by atoms with Gasteiger partial charge in [0.15, 0.2) is 5.78 Å². The molecule has 15 atom stereocenters. The van der Waals surface area contributed by atoms with Crippen LogP contribution in [0.4, 0.5) is 0 Å². The molecule has 1 unspecified atom stereocenters. The minimum absolute atomic E-state index is 0.0365. The van der Waals surface area contributed by atoms with E-state index in [4.69, 9.17) is 23.7 Å². The minimum Gasteiger partial charge on any atom is -0.461 e. The average molecular weight is 956 g/mol. The summed E-state index contributed by atoms with van der Waals surface area (Å²) in [6.45, 7) is 13.2.